The molecule has 0 heterocycles. The molecule has 1 aliphatic rings. The fraction of sp³-hybridized carbons (Fsp3) is 0.600. The first-order chi connectivity index (χ1) is 12.2. The molecule has 0 aromatic heterocycles. The van der Waals surface area contributed by atoms with Crippen molar-refractivity contribution >= 4 is 11.8 Å². The molecular formula is C20H31N3O2. The van der Waals surface area contributed by atoms with Crippen LogP contribution >= 0.6 is 0 Å². The van der Waals surface area contributed by atoms with Gasteiger partial charge in [0.2, 0.25) is 11.8 Å². The second kappa shape index (κ2) is 10.9. The van der Waals surface area contributed by atoms with Gasteiger partial charge in [-0.15, -0.1) is 0 Å². The van der Waals surface area contributed by atoms with Gasteiger partial charge in [-0.25, -0.2) is 0 Å². The Bertz CT molecular complexity index is 527. The van der Waals surface area contributed by atoms with E-state index in [0.717, 1.165) is 24.8 Å². The van der Waals surface area contributed by atoms with Crippen LogP contribution in [0.2, 0.25) is 0 Å². The summed E-state index contributed by atoms with van der Waals surface area (Å²) in [6.07, 6.45) is 7.31. The Balaban J connectivity index is 1.80. The zero-order chi connectivity index (χ0) is 17.9. The number of benzene rings is 1. The molecule has 1 aromatic rings. The van der Waals surface area contributed by atoms with Crippen LogP contribution in [0, 0.1) is 5.92 Å². The predicted molar refractivity (Wildman–Crippen MR) is 99.7 cm³/mol. The zero-order valence-electron chi connectivity index (χ0n) is 15.1. The van der Waals surface area contributed by atoms with Crippen LogP contribution in [0.1, 0.15) is 50.5 Å². The number of nitrogens with two attached hydrogens (primary N) is 1. The highest BCUT2D eigenvalue weighted by molar-refractivity contribution is 5.84. The maximum atomic E-state index is 12.5. The van der Waals surface area contributed by atoms with E-state index in [-0.39, 0.29) is 18.4 Å². The van der Waals surface area contributed by atoms with Gasteiger partial charge in [0.1, 0.15) is 0 Å². The van der Waals surface area contributed by atoms with Crippen LogP contribution in [0.15, 0.2) is 30.3 Å². The summed E-state index contributed by atoms with van der Waals surface area (Å²) in [6.45, 7) is 1.79. The molecule has 1 aliphatic carbocycles. The minimum Gasteiger partial charge on any atom is -0.347 e. The fourth-order valence-electron chi connectivity index (χ4n) is 3.39. The SMILES string of the molecule is NCCCN(Cc1ccccc1)C(=O)CNC(=O)CC1CCCCC1. The average Bonchev–Trinajstić information content (AvgIpc) is 2.65. The summed E-state index contributed by atoms with van der Waals surface area (Å²) in [5.74, 6) is 0.439. The van der Waals surface area contributed by atoms with E-state index in [1.807, 2.05) is 30.3 Å². The molecule has 25 heavy (non-hydrogen) atoms. The fourth-order valence-corrected chi connectivity index (χ4v) is 3.39. The molecular weight excluding hydrogens is 314 g/mol. The smallest absolute Gasteiger partial charge is 0.242 e. The van der Waals surface area contributed by atoms with Crippen molar-refractivity contribution in [3.8, 4) is 0 Å². The van der Waals surface area contributed by atoms with E-state index in [1.54, 1.807) is 4.90 Å². The van der Waals surface area contributed by atoms with Crippen molar-refractivity contribution in [3.05, 3.63) is 35.9 Å². The molecule has 5 heteroatoms. The Morgan fingerprint density at radius 2 is 1.84 bits per heavy atom. The van der Waals surface area contributed by atoms with Crippen LogP contribution in [0.4, 0.5) is 0 Å². The van der Waals surface area contributed by atoms with Crippen LogP contribution in [0.25, 0.3) is 0 Å². The number of nitrogens with zero attached hydrogens (tertiary/aromatic N) is 1. The Hall–Kier alpha value is -1.88. The van der Waals surface area contributed by atoms with Crippen molar-refractivity contribution in [2.45, 2.75) is 51.5 Å². The highest BCUT2D eigenvalue weighted by Crippen LogP contribution is 2.25. The van der Waals surface area contributed by atoms with Gasteiger partial charge in [0.15, 0.2) is 0 Å². The minimum absolute atomic E-state index is 0.00117. The molecule has 2 amide bonds. The number of nitrogens with one attached hydrogen (secondary N) is 1. The second-order valence-electron chi connectivity index (χ2n) is 6.93. The van der Waals surface area contributed by atoms with E-state index in [0.29, 0.717) is 32.0 Å². The number of amides is 2. The molecule has 0 unspecified atom stereocenters. The van der Waals surface area contributed by atoms with Gasteiger partial charge in [0.25, 0.3) is 0 Å². The monoisotopic (exact) mass is 345 g/mol. The van der Waals surface area contributed by atoms with E-state index < -0.39 is 0 Å². The Morgan fingerprint density at radius 1 is 1.12 bits per heavy atom. The van der Waals surface area contributed by atoms with Gasteiger partial charge in [-0.05, 0) is 37.3 Å². The number of carbonyl (C=O) groups excluding carboxylic acids is 2. The first kappa shape index (κ1) is 19.4. The standard InChI is InChI=1S/C20H31N3O2/c21-12-7-13-23(16-18-10-5-2-6-11-18)20(25)15-22-19(24)14-17-8-3-1-4-9-17/h2,5-6,10-11,17H,1,3-4,7-9,12-16,21H2,(H,22,24). The summed E-state index contributed by atoms with van der Waals surface area (Å²) in [7, 11) is 0. The normalized spacial score (nSPS) is 14.9. The number of carbonyl (C=O) groups is 2. The molecule has 5 nitrogen and oxygen atoms in total. The van der Waals surface area contributed by atoms with Gasteiger partial charge in [-0.3, -0.25) is 9.59 Å². The van der Waals surface area contributed by atoms with Crippen molar-refractivity contribution in [2.75, 3.05) is 19.6 Å². The van der Waals surface area contributed by atoms with Crippen molar-refractivity contribution in [3.63, 3.8) is 0 Å². The van der Waals surface area contributed by atoms with E-state index in [1.165, 1.54) is 19.3 Å². The van der Waals surface area contributed by atoms with Crippen LogP contribution in [-0.4, -0.2) is 36.3 Å². The van der Waals surface area contributed by atoms with Gasteiger partial charge < -0.3 is 16.0 Å². The Labute approximate surface area is 151 Å². The molecule has 0 aliphatic heterocycles. The van der Waals surface area contributed by atoms with E-state index in [4.69, 9.17) is 5.73 Å². The third-order valence-electron chi connectivity index (χ3n) is 4.84. The summed E-state index contributed by atoms with van der Waals surface area (Å²) in [5, 5.41) is 2.81. The predicted octanol–water partition coefficient (Wildman–Crippen LogP) is 2.45. The van der Waals surface area contributed by atoms with Crippen molar-refractivity contribution in [1.82, 2.24) is 10.2 Å². The maximum absolute atomic E-state index is 12.5. The van der Waals surface area contributed by atoms with E-state index >= 15 is 0 Å². The lowest BCUT2D eigenvalue weighted by molar-refractivity contribution is -0.133. The molecule has 0 radical (unpaired) electrons. The molecule has 0 spiro atoms. The maximum Gasteiger partial charge on any atom is 0.242 e. The third-order valence-corrected chi connectivity index (χ3v) is 4.84. The van der Waals surface area contributed by atoms with E-state index in [9.17, 15) is 9.59 Å². The van der Waals surface area contributed by atoms with Gasteiger partial charge in [0.05, 0.1) is 6.54 Å². The first-order valence-corrected chi connectivity index (χ1v) is 9.47. The van der Waals surface area contributed by atoms with Gasteiger partial charge in [0, 0.05) is 19.5 Å². The summed E-state index contributed by atoms with van der Waals surface area (Å²) in [5.41, 5.74) is 6.67. The van der Waals surface area contributed by atoms with Gasteiger partial charge >= 0.3 is 0 Å². The van der Waals surface area contributed by atoms with E-state index in [2.05, 4.69) is 5.32 Å². The molecule has 1 aromatic carbocycles. The largest absolute Gasteiger partial charge is 0.347 e. The summed E-state index contributed by atoms with van der Waals surface area (Å²) in [6, 6.07) is 9.90. The van der Waals surface area contributed by atoms with Gasteiger partial charge in [-0.2, -0.15) is 0 Å². The number of hydrogen-bond donors (Lipinski definition) is 2. The lowest BCUT2D eigenvalue weighted by Crippen LogP contribution is -2.41. The molecule has 1 fully saturated rings. The lowest BCUT2D eigenvalue weighted by atomic mass is 9.87. The number of hydrogen-bond acceptors (Lipinski definition) is 3. The molecule has 2 rings (SSSR count). The Kier molecular flexibility index (Phi) is 8.46. The molecule has 0 saturated heterocycles. The topological polar surface area (TPSA) is 75.4 Å². The summed E-state index contributed by atoms with van der Waals surface area (Å²) in [4.78, 5) is 26.4. The molecule has 0 bridgehead atoms. The highest BCUT2D eigenvalue weighted by Gasteiger charge is 2.19. The average molecular weight is 345 g/mol. The first-order valence-electron chi connectivity index (χ1n) is 9.47. The molecule has 3 N–H and O–H groups in total. The second-order valence-corrected chi connectivity index (χ2v) is 6.93. The van der Waals surface area contributed by atoms with Gasteiger partial charge in [-0.1, -0.05) is 49.6 Å². The molecule has 1 saturated carbocycles. The third kappa shape index (κ3) is 7.26. The van der Waals surface area contributed by atoms with Crippen molar-refractivity contribution in [1.29, 1.82) is 0 Å². The van der Waals surface area contributed by atoms with Crippen molar-refractivity contribution in [2.24, 2.45) is 11.7 Å². The molecule has 0 atom stereocenters. The molecule has 138 valence electrons. The van der Waals surface area contributed by atoms with Crippen molar-refractivity contribution < 1.29 is 9.59 Å². The van der Waals surface area contributed by atoms with Crippen LogP contribution in [0.3, 0.4) is 0 Å². The Morgan fingerprint density at radius 3 is 2.52 bits per heavy atom. The quantitative estimate of drug-likeness (QED) is 0.722. The summed E-state index contributed by atoms with van der Waals surface area (Å²) >= 11 is 0. The van der Waals surface area contributed by atoms with Crippen LogP contribution in [-0.2, 0) is 16.1 Å². The highest BCUT2D eigenvalue weighted by atomic mass is 16.2. The minimum atomic E-state index is -0.0469. The van der Waals surface area contributed by atoms with Crippen LogP contribution < -0.4 is 11.1 Å². The zero-order valence-corrected chi connectivity index (χ0v) is 15.1. The van der Waals surface area contributed by atoms with Crippen LogP contribution in [0.5, 0.6) is 0 Å². The lowest BCUT2D eigenvalue weighted by Gasteiger charge is -2.24. The summed E-state index contributed by atoms with van der Waals surface area (Å²) < 4.78 is 0. The number of rotatable bonds is 9.